The van der Waals surface area contributed by atoms with Gasteiger partial charge in [0.25, 0.3) is 5.91 Å². The van der Waals surface area contributed by atoms with Gasteiger partial charge in [0.15, 0.2) is 0 Å². The van der Waals surface area contributed by atoms with Crippen molar-refractivity contribution in [3.05, 3.63) is 59.4 Å². The Morgan fingerprint density at radius 3 is 2.60 bits per heavy atom. The minimum absolute atomic E-state index is 0.0881. The van der Waals surface area contributed by atoms with Crippen molar-refractivity contribution < 1.29 is 14.7 Å². The first-order chi connectivity index (χ1) is 12.0. The number of pyridine rings is 1. The topological polar surface area (TPSA) is 82.5 Å². The fourth-order valence-corrected chi connectivity index (χ4v) is 3.15. The van der Waals surface area contributed by atoms with Crippen molar-refractivity contribution >= 4 is 17.6 Å². The van der Waals surface area contributed by atoms with Gasteiger partial charge in [-0.05, 0) is 44.0 Å². The van der Waals surface area contributed by atoms with Crippen LogP contribution in [0.3, 0.4) is 0 Å². The second-order valence-electron chi connectivity index (χ2n) is 6.24. The summed E-state index contributed by atoms with van der Waals surface area (Å²) in [6.07, 6.45) is 3.20. The van der Waals surface area contributed by atoms with Gasteiger partial charge in [-0.1, -0.05) is 12.1 Å². The van der Waals surface area contributed by atoms with Crippen molar-refractivity contribution in [3.63, 3.8) is 0 Å². The van der Waals surface area contributed by atoms with Gasteiger partial charge in [0.2, 0.25) is 0 Å². The number of amides is 1. The molecule has 0 spiro atoms. The Bertz CT molecular complexity index is 783. The standard InChI is InChI=1S/C19H21N3O3/c1-13-12-14(6-9-20-13)18(23)21-15-7-10-22(11-8-15)17-5-3-2-4-16(17)19(24)25/h2-6,9,12,15H,7-8,10-11H2,1H3,(H,21,23)(H,24,25). The summed E-state index contributed by atoms with van der Waals surface area (Å²) in [6, 6.07) is 10.6. The molecule has 0 atom stereocenters. The molecule has 3 rings (SSSR count). The molecule has 25 heavy (non-hydrogen) atoms. The van der Waals surface area contributed by atoms with E-state index in [9.17, 15) is 14.7 Å². The summed E-state index contributed by atoms with van der Waals surface area (Å²) in [5, 5.41) is 12.4. The lowest BCUT2D eigenvalue weighted by Crippen LogP contribution is -2.45. The van der Waals surface area contributed by atoms with Crippen LogP contribution in [0.25, 0.3) is 0 Å². The van der Waals surface area contributed by atoms with E-state index in [1.807, 2.05) is 19.1 Å². The van der Waals surface area contributed by atoms with Crippen LogP contribution in [0, 0.1) is 6.92 Å². The summed E-state index contributed by atoms with van der Waals surface area (Å²) < 4.78 is 0. The number of aromatic nitrogens is 1. The highest BCUT2D eigenvalue weighted by atomic mass is 16.4. The van der Waals surface area contributed by atoms with Gasteiger partial charge in [0, 0.05) is 36.6 Å². The number of carbonyl (C=O) groups excluding carboxylic acids is 1. The van der Waals surface area contributed by atoms with E-state index in [4.69, 9.17) is 0 Å². The number of hydrogen-bond donors (Lipinski definition) is 2. The Morgan fingerprint density at radius 2 is 1.92 bits per heavy atom. The number of benzene rings is 1. The molecule has 6 heteroatoms. The van der Waals surface area contributed by atoms with E-state index in [1.54, 1.807) is 30.5 Å². The third-order valence-electron chi connectivity index (χ3n) is 4.46. The maximum Gasteiger partial charge on any atom is 0.337 e. The fourth-order valence-electron chi connectivity index (χ4n) is 3.15. The molecule has 1 aliphatic rings. The van der Waals surface area contributed by atoms with Gasteiger partial charge in [-0.3, -0.25) is 9.78 Å². The molecular weight excluding hydrogens is 318 g/mol. The Labute approximate surface area is 146 Å². The first-order valence-corrected chi connectivity index (χ1v) is 8.35. The van der Waals surface area contributed by atoms with Gasteiger partial charge in [0.1, 0.15) is 0 Å². The molecule has 2 heterocycles. The number of rotatable bonds is 4. The lowest BCUT2D eigenvalue weighted by molar-refractivity contribution is 0.0697. The van der Waals surface area contributed by atoms with Crippen molar-refractivity contribution in [2.75, 3.05) is 18.0 Å². The van der Waals surface area contributed by atoms with Crippen LogP contribution >= 0.6 is 0 Å². The normalized spacial score (nSPS) is 15.0. The third-order valence-corrected chi connectivity index (χ3v) is 4.46. The monoisotopic (exact) mass is 339 g/mol. The zero-order valence-corrected chi connectivity index (χ0v) is 14.1. The van der Waals surface area contributed by atoms with Crippen molar-refractivity contribution in [1.82, 2.24) is 10.3 Å². The number of carbonyl (C=O) groups is 2. The molecular formula is C19H21N3O3. The van der Waals surface area contributed by atoms with Crippen LogP contribution in [-0.2, 0) is 0 Å². The van der Waals surface area contributed by atoms with E-state index in [0.29, 0.717) is 24.2 Å². The minimum atomic E-state index is -0.918. The van der Waals surface area contributed by atoms with Crippen LogP contribution in [0.15, 0.2) is 42.6 Å². The maximum atomic E-state index is 12.3. The first-order valence-electron chi connectivity index (χ1n) is 8.35. The van der Waals surface area contributed by atoms with Crippen molar-refractivity contribution in [3.8, 4) is 0 Å². The van der Waals surface area contributed by atoms with Gasteiger partial charge in [-0.2, -0.15) is 0 Å². The number of nitrogens with one attached hydrogen (secondary N) is 1. The minimum Gasteiger partial charge on any atom is -0.478 e. The molecule has 6 nitrogen and oxygen atoms in total. The second-order valence-corrected chi connectivity index (χ2v) is 6.24. The highest BCUT2D eigenvalue weighted by Crippen LogP contribution is 2.24. The molecule has 1 aromatic heterocycles. The number of carboxylic acids is 1. The van der Waals surface area contributed by atoms with Gasteiger partial charge in [-0.15, -0.1) is 0 Å². The number of piperidine rings is 1. The summed E-state index contributed by atoms with van der Waals surface area (Å²) in [5.41, 5.74) is 2.49. The van der Waals surface area contributed by atoms with Crippen LogP contribution in [-0.4, -0.2) is 41.1 Å². The lowest BCUT2D eigenvalue weighted by atomic mass is 10.0. The largest absolute Gasteiger partial charge is 0.478 e. The summed E-state index contributed by atoms with van der Waals surface area (Å²) in [4.78, 5) is 29.9. The average Bonchev–Trinajstić information content (AvgIpc) is 2.62. The summed E-state index contributed by atoms with van der Waals surface area (Å²) in [6.45, 7) is 3.28. The third kappa shape index (κ3) is 3.96. The zero-order valence-electron chi connectivity index (χ0n) is 14.1. The Kier molecular flexibility index (Phi) is 4.97. The second kappa shape index (κ2) is 7.34. The first kappa shape index (κ1) is 17.0. The van der Waals surface area contributed by atoms with E-state index in [-0.39, 0.29) is 11.9 Å². The molecule has 1 amide bonds. The van der Waals surface area contributed by atoms with Crippen LogP contribution in [0.2, 0.25) is 0 Å². The number of para-hydroxylation sites is 1. The molecule has 2 aromatic rings. The Hall–Kier alpha value is -2.89. The lowest BCUT2D eigenvalue weighted by Gasteiger charge is -2.34. The number of carboxylic acid groups (broad SMARTS) is 1. The van der Waals surface area contributed by atoms with Gasteiger partial charge < -0.3 is 15.3 Å². The molecule has 1 fully saturated rings. The van der Waals surface area contributed by atoms with Crippen LogP contribution in [0.1, 0.15) is 39.3 Å². The SMILES string of the molecule is Cc1cc(C(=O)NC2CCN(c3ccccc3C(=O)O)CC2)ccn1. The van der Waals surface area contributed by atoms with Crippen LogP contribution < -0.4 is 10.2 Å². The number of anilines is 1. The molecule has 1 aliphatic heterocycles. The summed E-state index contributed by atoms with van der Waals surface area (Å²) in [7, 11) is 0. The number of aromatic carboxylic acids is 1. The van der Waals surface area contributed by atoms with E-state index >= 15 is 0 Å². The summed E-state index contributed by atoms with van der Waals surface area (Å²) in [5.74, 6) is -1.01. The van der Waals surface area contributed by atoms with Gasteiger partial charge in [0.05, 0.1) is 11.3 Å². The molecule has 1 aromatic carbocycles. The van der Waals surface area contributed by atoms with E-state index in [0.717, 1.165) is 24.2 Å². The average molecular weight is 339 g/mol. The maximum absolute atomic E-state index is 12.3. The molecule has 0 radical (unpaired) electrons. The summed E-state index contributed by atoms with van der Waals surface area (Å²) >= 11 is 0. The molecule has 0 unspecified atom stereocenters. The van der Waals surface area contributed by atoms with E-state index < -0.39 is 5.97 Å². The van der Waals surface area contributed by atoms with Crippen LogP contribution in [0.5, 0.6) is 0 Å². The van der Waals surface area contributed by atoms with E-state index in [2.05, 4.69) is 15.2 Å². The molecule has 0 saturated carbocycles. The molecule has 1 saturated heterocycles. The zero-order chi connectivity index (χ0) is 17.8. The number of nitrogens with zero attached hydrogens (tertiary/aromatic N) is 2. The van der Waals surface area contributed by atoms with Crippen molar-refractivity contribution in [2.24, 2.45) is 0 Å². The highest BCUT2D eigenvalue weighted by molar-refractivity contribution is 5.95. The fraction of sp³-hybridized carbons (Fsp3) is 0.316. The molecule has 0 bridgehead atoms. The number of aryl methyl sites for hydroxylation is 1. The Balaban J connectivity index is 1.61. The van der Waals surface area contributed by atoms with Crippen molar-refractivity contribution in [2.45, 2.75) is 25.8 Å². The number of hydrogen-bond acceptors (Lipinski definition) is 4. The molecule has 0 aliphatic carbocycles. The predicted octanol–water partition coefficient (Wildman–Crippen LogP) is 2.49. The smallest absolute Gasteiger partial charge is 0.337 e. The van der Waals surface area contributed by atoms with Crippen molar-refractivity contribution in [1.29, 1.82) is 0 Å². The predicted molar refractivity (Wildman–Crippen MR) is 95.1 cm³/mol. The highest BCUT2D eigenvalue weighted by Gasteiger charge is 2.23. The molecule has 2 N–H and O–H groups in total. The van der Waals surface area contributed by atoms with Crippen LogP contribution in [0.4, 0.5) is 5.69 Å². The quantitative estimate of drug-likeness (QED) is 0.894. The van der Waals surface area contributed by atoms with E-state index in [1.165, 1.54) is 0 Å². The van der Waals surface area contributed by atoms with Gasteiger partial charge in [-0.25, -0.2) is 4.79 Å². The van der Waals surface area contributed by atoms with Gasteiger partial charge >= 0.3 is 5.97 Å². The Morgan fingerprint density at radius 1 is 1.20 bits per heavy atom. The molecule has 130 valence electrons.